The molecule has 0 radical (unpaired) electrons. The number of alkyl halides is 3. The number of pyridine rings is 1. The van der Waals surface area contributed by atoms with Gasteiger partial charge < -0.3 is 15.2 Å². The van der Waals surface area contributed by atoms with Gasteiger partial charge in [-0.05, 0) is 45.4 Å². The maximum atomic E-state index is 13.0. The van der Waals surface area contributed by atoms with Gasteiger partial charge in [-0.15, -0.1) is 0 Å². The van der Waals surface area contributed by atoms with Crippen LogP contribution in [0.25, 0.3) is 0 Å². The molecule has 2 heterocycles. The summed E-state index contributed by atoms with van der Waals surface area (Å²) in [4.78, 5) is 40.9. The number of hydrogen-bond acceptors (Lipinski definition) is 4. The SMILES string of the molecule is Cc1c(C(=O)Nc2ccc(F)nc2)c(C)n(C)c1C(=O)C(=O)NC(C)(C)C(F)(F)F. The molecule has 0 fully saturated rings. The predicted octanol–water partition coefficient (Wildman–Crippen LogP) is 3.07. The highest BCUT2D eigenvalue weighted by molar-refractivity contribution is 6.43. The van der Waals surface area contributed by atoms with E-state index in [0.717, 1.165) is 26.1 Å². The molecule has 2 rings (SSSR count). The Labute approximate surface area is 169 Å². The molecular weight excluding hydrogens is 408 g/mol. The van der Waals surface area contributed by atoms with E-state index in [1.165, 1.54) is 31.5 Å². The highest BCUT2D eigenvalue weighted by atomic mass is 19.4. The molecule has 0 bridgehead atoms. The van der Waals surface area contributed by atoms with Gasteiger partial charge in [0.05, 0.1) is 23.1 Å². The molecule has 0 aliphatic heterocycles. The monoisotopic (exact) mass is 428 g/mol. The van der Waals surface area contributed by atoms with Gasteiger partial charge in [0, 0.05) is 12.7 Å². The fourth-order valence-corrected chi connectivity index (χ4v) is 2.80. The second-order valence-corrected chi connectivity index (χ2v) is 7.22. The van der Waals surface area contributed by atoms with Crippen LogP contribution in [0.5, 0.6) is 0 Å². The number of aromatic nitrogens is 2. The minimum atomic E-state index is -4.77. The summed E-state index contributed by atoms with van der Waals surface area (Å²) in [5.74, 6) is -4.04. The van der Waals surface area contributed by atoms with Crippen LogP contribution in [-0.2, 0) is 11.8 Å². The zero-order valence-electron chi connectivity index (χ0n) is 16.9. The molecule has 30 heavy (non-hydrogen) atoms. The van der Waals surface area contributed by atoms with Crippen molar-refractivity contribution in [2.24, 2.45) is 7.05 Å². The fourth-order valence-electron chi connectivity index (χ4n) is 2.80. The summed E-state index contributed by atoms with van der Waals surface area (Å²) in [6.07, 6.45) is -3.67. The number of halogens is 4. The maximum absolute atomic E-state index is 13.0. The Morgan fingerprint density at radius 3 is 2.20 bits per heavy atom. The number of ketones is 1. The van der Waals surface area contributed by atoms with Gasteiger partial charge >= 0.3 is 6.18 Å². The van der Waals surface area contributed by atoms with Crippen molar-refractivity contribution in [1.29, 1.82) is 0 Å². The Bertz CT molecular complexity index is 1010. The van der Waals surface area contributed by atoms with E-state index in [1.54, 1.807) is 5.32 Å². The van der Waals surface area contributed by atoms with Gasteiger partial charge in [-0.2, -0.15) is 17.6 Å². The normalized spacial score (nSPS) is 11.9. The number of carbonyl (C=O) groups excluding carboxylic acids is 3. The number of carbonyl (C=O) groups is 3. The van der Waals surface area contributed by atoms with Crippen LogP contribution in [0.3, 0.4) is 0 Å². The van der Waals surface area contributed by atoms with Crippen molar-refractivity contribution in [3.05, 3.63) is 46.8 Å². The number of amides is 2. The largest absolute Gasteiger partial charge is 0.410 e. The lowest BCUT2D eigenvalue weighted by atomic mass is 10.0. The molecule has 0 aromatic carbocycles. The summed E-state index contributed by atoms with van der Waals surface area (Å²) in [5.41, 5.74) is -2.15. The van der Waals surface area contributed by atoms with Gasteiger partial charge in [0.25, 0.3) is 17.6 Å². The first-order valence-electron chi connectivity index (χ1n) is 8.69. The molecule has 0 aliphatic rings. The van der Waals surface area contributed by atoms with Gasteiger partial charge in [0.2, 0.25) is 5.95 Å². The van der Waals surface area contributed by atoms with Crippen molar-refractivity contribution in [2.45, 2.75) is 39.4 Å². The van der Waals surface area contributed by atoms with E-state index >= 15 is 0 Å². The molecule has 162 valence electrons. The minimum Gasteiger partial charge on any atom is -0.344 e. The highest BCUT2D eigenvalue weighted by Gasteiger charge is 2.49. The summed E-state index contributed by atoms with van der Waals surface area (Å²) in [6, 6.07) is 2.33. The molecule has 11 heteroatoms. The van der Waals surface area contributed by atoms with Crippen LogP contribution < -0.4 is 10.6 Å². The molecule has 0 unspecified atom stereocenters. The summed E-state index contributed by atoms with van der Waals surface area (Å²) in [5, 5.41) is 4.17. The van der Waals surface area contributed by atoms with Gasteiger partial charge in [0.1, 0.15) is 5.54 Å². The van der Waals surface area contributed by atoms with Crippen LogP contribution in [0.1, 0.15) is 46.0 Å². The Hall–Kier alpha value is -3.24. The maximum Gasteiger partial charge on any atom is 0.410 e. The van der Waals surface area contributed by atoms with Crippen molar-refractivity contribution in [2.75, 3.05) is 5.32 Å². The third kappa shape index (κ3) is 4.34. The van der Waals surface area contributed by atoms with E-state index in [4.69, 9.17) is 0 Å². The van der Waals surface area contributed by atoms with Crippen LogP contribution in [0.2, 0.25) is 0 Å². The van der Waals surface area contributed by atoms with Gasteiger partial charge in [-0.25, -0.2) is 4.98 Å². The van der Waals surface area contributed by atoms with E-state index in [0.29, 0.717) is 5.69 Å². The number of nitrogens with one attached hydrogen (secondary N) is 2. The van der Waals surface area contributed by atoms with Gasteiger partial charge in [0.15, 0.2) is 0 Å². The molecule has 0 saturated heterocycles. The summed E-state index contributed by atoms with van der Waals surface area (Å²) in [6.45, 7) is 4.38. The highest BCUT2D eigenvalue weighted by Crippen LogP contribution is 2.30. The zero-order chi connectivity index (χ0) is 23.0. The lowest BCUT2D eigenvalue weighted by Gasteiger charge is -2.28. The molecule has 2 N–H and O–H groups in total. The Kier molecular flexibility index (Phi) is 6.05. The van der Waals surface area contributed by atoms with Crippen molar-refractivity contribution in [3.8, 4) is 0 Å². The van der Waals surface area contributed by atoms with Crippen LogP contribution in [-0.4, -0.2) is 38.9 Å². The van der Waals surface area contributed by atoms with Crippen molar-refractivity contribution >= 4 is 23.3 Å². The van der Waals surface area contributed by atoms with Crippen LogP contribution in [0.4, 0.5) is 23.2 Å². The second kappa shape index (κ2) is 7.88. The van der Waals surface area contributed by atoms with E-state index in [1.807, 2.05) is 0 Å². The third-order valence-electron chi connectivity index (χ3n) is 4.70. The van der Waals surface area contributed by atoms with Crippen LogP contribution in [0.15, 0.2) is 18.3 Å². The van der Waals surface area contributed by atoms with Gasteiger partial charge in [-0.1, -0.05) is 0 Å². The molecule has 7 nitrogen and oxygen atoms in total. The second-order valence-electron chi connectivity index (χ2n) is 7.22. The lowest BCUT2D eigenvalue weighted by Crippen LogP contribution is -2.56. The first-order chi connectivity index (χ1) is 13.7. The molecule has 2 amide bonds. The predicted molar refractivity (Wildman–Crippen MR) is 99.6 cm³/mol. The van der Waals surface area contributed by atoms with Crippen LogP contribution in [0, 0.1) is 19.8 Å². The van der Waals surface area contributed by atoms with Crippen molar-refractivity contribution in [1.82, 2.24) is 14.9 Å². The summed E-state index contributed by atoms with van der Waals surface area (Å²) < 4.78 is 53.2. The van der Waals surface area contributed by atoms with Crippen LogP contribution >= 0.6 is 0 Å². The molecule has 2 aromatic rings. The number of nitrogens with zero attached hydrogens (tertiary/aromatic N) is 2. The number of hydrogen-bond donors (Lipinski definition) is 2. The molecule has 0 atom stereocenters. The fraction of sp³-hybridized carbons (Fsp3) is 0.368. The van der Waals surface area contributed by atoms with E-state index in [2.05, 4.69) is 10.3 Å². The van der Waals surface area contributed by atoms with Gasteiger partial charge in [-0.3, -0.25) is 14.4 Å². The average molecular weight is 428 g/mol. The number of Topliss-reactive ketones (excluding diaryl/α,β-unsaturated/α-hetero) is 1. The number of rotatable bonds is 5. The molecular formula is C19H20F4N4O3. The van der Waals surface area contributed by atoms with Crippen molar-refractivity contribution in [3.63, 3.8) is 0 Å². The average Bonchev–Trinajstić information content (AvgIpc) is 2.84. The van der Waals surface area contributed by atoms with Crippen molar-refractivity contribution < 1.29 is 31.9 Å². The Morgan fingerprint density at radius 2 is 1.70 bits per heavy atom. The minimum absolute atomic E-state index is 0.0630. The Balaban J connectivity index is 2.35. The first-order valence-corrected chi connectivity index (χ1v) is 8.69. The smallest absolute Gasteiger partial charge is 0.344 e. The van der Waals surface area contributed by atoms with E-state index in [9.17, 15) is 31.9 Å². The molecule has 0 saturated carbocycles. The number of anilines is 1. The first kappa shape index (κ1) is 23.0. The van der Waals surface area contributed by atoms with E-state index in [-0.39, 0.29) is 22.5 Å². The van der Waals surface area contributed by atoms with E-state index < -0.39 is 35.3 Å². The third-order valence-corrected chi connectivity index (χ3v) is 4.70. The topological polar surface area (TPSA) is 93.1 Å². The lowest BCUT2D eigenvalue weighted by molar-refractivity contribution is -0.187. The quantitative estimate of drug-likeness (QED) is 0.331. The summed E-state index contributed by atoms with van der Waals surface area (Å²) in [7, 11) is 1.41. The zero-order valence-corrected chi connectivity index (χ0v) is 16.9. The molecule has 0 spiro atoms. The standard InChI is InChI=1S/C19H20F4N4O3/c1-9-13(16(29)25-11-6-7-12(20)24-8-11)10(2)27(5)14(9)15(28)17(30)26-18(3,4)19(21,22)23/h6-8H,1-5H3,(H,25,29)(H,26,30). The molecule has 2 aromatic heterocycles. The summed E-state index contributed by atoms with van der Waals surface area (Å²) >= 11 is 0. The molecule has 0 aliphatic carbocycles. The Morgan fingerprint density at radius 1 is 1.10 bits per heavy atom.